The lowest BCUT2D eigenvalue weighted by Crippen LogP contribution is -2.11. The summed E-state index contributed by atoms with van der Waals surface area (Å²) in [7, 11) is -1.22. The Morgan fingerprint density at radius 3 is 2.79 bits per heavy atom. The lowest BCUT2D eigenvalue weighted by atomic mass is 10.3. The Bertz CT molecular complexity index is 354. The minimum atomic E-state index is -1.22. The van der Waals surface area contributed by atoms with Crippen molar-refractivity contribution < 1.29 is 8.60 Å². The Kier molecular flexibility index (Phi) is 3.63. The van der Waals surface area contributed by atoms with Gasteiger partial charge in [0.15, 0.2) is 0 Å². The van der Waals surface area contributed by atoms with Crippen LogP contribution < -0.4 is 5.73 Å². The highest BCUT2D eigenvalue weighted by Gasteiger charge is 2.14. The Balaban J connectivity index is 3.06. The number of rotatable bonds is 3. The van der Waals surface area contributed by atoms with Gasteiger partial charge in [-0.25, -0.2) is 4.39 Å². The van der Waals surface area contributed by atoms with E-state index in [4.69, 9.17) is 5.73 Å². The highest BCUT2D eigenvalue weighted by Crippen LogP contribution is 2.21. The van der Waals surface area contributed by atoms with Crippen molar-refractivity contribution in [3.8, 4) is 0 Å². The van der Waals surface area contributed by atoms with Crippen LogP contribution in [-0.4, -0.2) is 9.46 Å². The summed E-state index contributed by atoms with van der Waals surface area (Å²) in [5.41, 5.74) is 6.02. The summed E-state index contributed by atoms with van der Waals surface area (Å²) in [5, 5.41) is -0.000833. The number of nitrogen functional groups attached to an aromatic ring is 1. The standard InChI is InChI=1S/C10H14FNOS/c1-3-7(2)14(13)10-6-8(11)4-5-9(10)12/h4-7H,3,12H2,1-2H3. The fourth-order valence-corrected chi connectivity index (χ4v) is 2.32. The molecule has 4 heteroatoms. The molecule has 2 nitrogen and oxygen atoms in total. The summed E-state index contributed by atoms with van der Waals surface area (Å²) in [4.78, 5) is 0.402. The Hall–Kier alpha value is -0.900. The molecule has 0 radical (unpaired) electrons. The van der Waals surface area contributed by atoms with E-state index in [0.717, 1.165) is 6.42 Å². The fourth-order valence-electron chi connectivity index (χ4n) is 1.05. The maximum absolute atomic E-state index is 12.9. The Morgan fingerprint density at radius 1 is 1.57 bits per heavy atom. The van der Waals surface area contributed by atoms with Gasteiger partial charge in [-0.1, -0.05) is 13.8 Å². The molecule has 0 aliphatic rings. The smallest absolute Gasteiger partial charge is 0.124 e. The fraction of sp³-hybridized carbons (Fsp3) is 0.400. The van der Waals surface area contributed by atoms with Gasteiger partial charge in [-0.05, 0) is 24.6 Å². The van der Waals surface area contributed by atoms with Gasteiger partial charge in [0.2, 0.25) is 0 Å². The van der Waals surface area contributed by atoms with Gasteiger partial charge < -0.3 is 5.73 Å². The predicted octanol–water partition coefficient (Wildman–Crippen LogP) is 2.31. The van der Waals surface area contributed by atoms with Crippen LogP contribution in [0.25, 0.3) is 0 Å². The van der Waals surface area contributed by atoms with E-state index in [1.54, 1.807) is 0 Å². The molecule has 0 aromatic heterocycles. The molecule has 1 rings (SSSR count). The average molecular weight is 215 g/mol. The van der Waals surface area contributed by atoms with Crippen LogP contribution in [0.2, 0.25) is 0 Å². The van der Waals surface area contributed by atoms with Gasteiger partial charge in [-0.3, -0.25) is 4.21 Å². The van der Waals surface area contributed by atoms with E-state index in [1.807, 2.05) is 13.8 Å². The minimum Gasteiger partial charge on any atom is -0.398 e. The van der Waals surface area contributed by atoms with Crippen molar-refractivity contribution in [2.75, 3.05) is 5.73 Å². The normalized spacial score (nSPS) is 15.1. The SMILES string of the molecule is CCC(C)S(=O)c1cc(F)ccc1N. The summed E-state index contributed by atoms with van der Waals surface area (Å²) in [6, 6.07) is 3.97. The monoisotopic (exact) mass is 215 g/mol. The molecule has 78 valence electrons. The molecule has 0 spiro atoms. The third-order valence-electron chi connectivity index (χ3n) is 2.13. The first-order valence-corrected chi connectivity index (χ1v) is 5.73. The maximum atomic E-state index is 12.9. The highest BCUT2D eigenvalue weighted by atomic mass is 32.2. The zero-order valence-corrected chi connectivity index (χ0v) is 9.10. The average Bonchev–Trinajstić information content (AvgIpc) is 2.19. The Morgan fingerprint density at radius 2 is 2.21 bits per heavy atom. The van der Waals surface area contributed by atoms with Crippen LogP contribution in [0, 0.1) is 5.82 Å². The third kappa shape index (κ3) is 2.32. The van der Waals surface area contributed by atoms with E-state index in [1.165, 1.54) is 18.2 Å². The molecule has 0 heterocycles. The van der Waals surface area contributed by atoms with E-state index >= 15 is 0 Å². The van der Waals surface area contributed by atoms with Crippen LogP contribution in [0.1, 0.15) is 20.3 Å². The second-order valence-electron chi connectivity index (χ2n) is 3.20. The van der Waals surface area contributed by atoms with Crippen molar-refractivity contribution in [3.05, 3.63) is 24.0 Å². The molecule has 0 amide bonds. The van der Waals surface area contributed by atoms with Crippen LogP contribution in [0.3, 0.4) is 0 Å². The van der Waals surface area contributed by atoms with Crippen molar-refractivity contribution in [3.63, 3.8) is 0 Å². The van der Waals surface area contributed by atoms with Crippen LogP contribution >= 0.6 is 0 Å². The van der Waals surface area contributed by atoms with E-state index < -0.39 is 16.6 Å². The number of benzene rings is 1. The lowest BCUT2D eigenvalue weighted by molar-refractivity contribution is 0.622. The van der Waals surface area contributed by atoms with Crippen molar-refractivity contribution >= 4 is 16.5 Å². The van der Waals surface area contributed by atoms with E-state index in [9.17, 15) is 8.60 Å². The second-order valence-corrected chi connectivity index (χ2v) is 5.04. The van der Waals surface area contributed by atoms with Gasteiger partial charge in [-0.15, -0.1) is 0 Å². The summed E-state index contributed by atoms with van der Waals surface area (Å²) < 4.78 is 24.7. The molecule has 2 unspecified atom stereocenters. The number of hydrogen-bond donors (Lipinski definition) is 1. The van der Waals surface area contributed by atoms with Crippen molar-refractivity contribution in [1.29, 1.82) is 0 Å². The quantitative estimate of drug-likeness (QED) is 0.786. The summed E-state index contributed by atoms with van der Waals surface area (Å²) >= 11 is 0. The zero-order chi connectivity index (χ0) is 10.7. The van der Waals surface area contributed by atoms with E-state index in [-0.39, 0.29) is 5.25 Å². The topological polar surface area (TPSA) is 43.1 Å². The molecule has 1 aromatic carbocycles. The molecule has 0 saturated carbocycles. The van der Waals surface area contributed by atoms with E-state index in [0.29, 0.717) is 10.6 Å². The molecule has 0 fully saturated rings. The van der Waals surface area contributed by atoms with Crippen LogP contribution in [0.15, 0.2) is 23.1 Å². The predicted molar refractivity (Wildman–Crippen MR) is 57.0 cm³/mol. The van der Waals surface area contributed by atoms with Crippen molar-refractivity contribution in [2.45, 2.75) is 30.4 Å². The zero-order valence-electron chi connectivity index (χ0n) is 8.29. The van der Waals surface area contributed by atoms with Crippen LogP contribution in [0.5, 0.6) is 0 Å². The van der Waals surface area contributed by atoms with Crippen molar-refractivity contribution in [2.24, 2.45) is 0 Å². The molecular formula is C10H14FNOS. The van der Waals surface area contributed by atoms with E-state index in [2.05, 4.69) is 0 Å². The largest absolute Gasteiger partial charge is 0.398 e. The number of halogens is 1. The van der Waals surface area contributed by atoms with Gasteiger partial charge in [0, 0.05) is 10.9 Å². The molecule has 0 saturated heterocycles. The van der Waals surface area contributed by atoms with Gasteiger partial charge in [0.25, 0.3) is 0 Å². The van der Waals surface area contributed by atoms with Crippen LogP contribution in [-0.2, 0) is 10.8 Å². The number of hydrogen-bond acceptors (Lipinski definition) is 2. The summed E-state index contributed by atoms with van der Waals surface area (Å²) in [5.74, 6) is -0.397. The molecule has 1 aromatic rings. The Labute approximate surface area is 85.8 Å². The molecule has 2 atom stereocenters. The molecule has 0 bridgehead atoms. The second kappa shape index (κ2) is 4.55. The van der Waals surface area contributed by atoms with Gasteiger partial charge in [0.05, 0.1) is 15.7 Å². The lowest BCUT2D eigenvalue weighted by Gasteiger charge is -2.10. The molecule has 2 N–H and O–H groups in total. The highest BCUT2D eigenvalue weighted by molar-refractivity contribution is 7.85. The first-order chi connectivity index (χ1) is 6.56. The number of nitrogens with two attached hydrogens (primary N) is 1. The van der Waals surface area contributed by atoms with Gasteiger partial charge >= 0.3 is 0 Å². The summed E-state index contributed by atoms with van der Waals surface area (Å²) in [6.45, 7) is 3.80. The molecule has 14 heavy (non-hydrogen) atoms. The first-order valence-electron chi connectivity index (χ1n) is 4.51. The van der Waals surface area contributed by atoms with Crippen LogP contribution in [0.4, 0.5) is 10.1 Å². The molecule has 0 aliphatic heterocycles. The minimum absolute atomic E-state index is 0.000833. The van der Waals surface area contributed by atoms with Gasteiger partial charge in [0.1, 0.15) is 5.82 Å². The third-order valence-corrected chi connectivity index (χ3v) is 3.98. The molecular weight excluding hydrogens is 201 g/mol. The summed E-state index contributed by atoms with van der Waals surface area (Å²) in [6.07, 6.45) is 0.780. The molecule has 0 aliphatic carbocycles. The first kappa shape index (κ1) is 11.2. The van der Waals surface area contributed by atoms with Crippen molar-refractivity contribution in [1.82, 2.24) is 0 Å². The van der Waals surface area contributed by atoms with Gasteiger partial charge in [-0.2, -0.15) is 0 Å². The maximum Gasteiger partial charge on any atom is 0.124 e. The number of anilines is 1.